The van der Waals surface area contributed by atoms with Gasteiger partial charge in [-0.1, -0.05) is 54.6 Å². The summed E-state index contributed by atoms with van der Waals surface area (Å²) in [6.07, 6.45) is 2.28. The molecule has 0 saturated carbocycles. The molecule has 3 heterocycles. The molecule has 0 atom stereocenters. The van der Waals surface area contributed by atoms with Crippen molar-refractivity contribution in [3.05, 3.63) is 90.1 Å². The van der Waals surface area contributed by atoms with Crippen LogP contribution in [-0.4, -0.2) is 0 Å². The van der Waals surface area contributed by atoms with Crippen molar-refractivity contribution in [3.63, 3.8) is 0 Å². The highest BCUT2D eigenvalue weighted by Crippen LogP contribution is 2.37. The molecule has 0 bridgehead atoms. The maximum atomic E-state index is 6.26. The van der Waals surface area contributed by atoms with Gasteiger partial charge in [0.15, 0.2) is 12.7 Å². The highest BCUT2D eigenvalue weighted by Gasteiger charge is 2.27. The van der Waals surface area contributed by atoms with E-state index in [1.807, 2.05) is 12.1 Å². The van der Waals surface area contributed by atoms with Crippen LogP contribution < -0.4 is 4.57 Å². The molecule has 0 spiro atoms. The Balaban J connectivity index is 1.61. The van der Waals surface area contributed by atoms with Crippen molar-refractivity contribution in [1.82, 2.24) is 0 Å². The van der Waals surface area contributed by atoms with Crippen molar-refractivity contribution < 1.29 is 8.98 Å². The molecular weight excluding hydrogens is 330 g/mol. The van der Waals surface area contributed by atoms with E-state index in [1.54, 1.807) is 0 Å². The molecule has 2 nitrogen and oxygen atoms in total. The number of fused-ring (bicyclic) bond motifs is 6. The fourth-order valence-corrected chi connectivity index (χ4v) is 4.39. The molecular formula is C25H18NO+. The van der Waals surface area contributed by atoms with Crippen LogP contribution in [0.5, 0.6) is 0 Å². The summed E-state index contributed by atoms with van der Waals surface area (Å²) in [7, 11) is 0. The lowest BCUT2D eigenvalue weighted by molar-refractivity contribution is -0.671. The molecule has 0 unspecified atom stereocenters. The van der Waals surface area contributed by atoms with Crippen molar-refractivity contribution in [2.45, 2.75) is 13.5 Å². The van der Waals surface area contributed by atoms with Crippen LogP contribution in [0.1, 0.15) is 11.1 Å². The molecule has 6 rings (SSSR count). The standard InChI is InChI=1S/C25H18NO/c1-16-13-23-18-8-3-2-7-17(18)14-26(23)15-22(16)21-11-6-10-20-19-9-4-5-12-24(19)27-25(20)21/h2-13,15H,14H2,1H3/q+1. The summed E-state index contributed by atoms with van der Waals surface area (Å²) in [5.74, 6) is 0. The zero-order valence-electron chi connectivity index (χ0n) is 15.1. The topological polar surface area (TPSA) is 17.0 Å². The number of aryl methyl sites for hydroxylation is 1. The number of benzene rings is 3. The van der Waals surface area contributed by atoms with Crippen LogP contribution >= 0.6 is 0 Å². The number of rotatable bonds is 1. The van der Waals surface area contributed by atoms with Crippen LogP contribution in [0.4, 0.5) is 0 Å². The summed E-state index contributed by atoms with van der Waals surface area (Å²) < 4.78 is 8.62. The van der Waals surface area contributed by atoms with Crippen molar-refractivity contribution in [2.24, 2.45) is 0 Å². The minimum Gasteiger partial charge on any atom is -0.455 e. The predicted molar refractivity (Wildman–Crippen MR) is 109 cm³/mol. The van der Waals surface area contributed by atoms with Crippen LogP contribution in [0.3, 0.4) is 0 Å². The Kier molecular flexibility index (Phi) is 2.90. The smallest absolute Gasteiger partial charge is 0.213 e. The molecule has 0 saturated heterocycles. The lowest BCUT2D eigenvalue weighted by Crippen LogP contribution is -2.32. The summed E-state index contributed by atoms with van der Waals surface area (Å²) in [5, 5.41) is 2.35. The minimum atomic E-state index is 0.925. The minimum absolute atomic E-state index is 0.925. The highest BCUT2D eigenvalue weighted by molar-refractivity contribution is 6.09. The number of para-hydroxylation sites is 2. The van der Waals surface area contributed by atoms with Gasteiger partial charge in [0, 0.05) is 28.0 Å². The number of hydrogen-bond donors (Lipinski definition) is 0. The van der Waals surface area contributed by atoms with Gasteiger partial charge in [-0.15, -0.1) is 0 Å². The van der Waals surface area contributed by atoms with Crippen LogP contribution in [0.2, 0.25) is 0 Å². The SMILES string of the molecule is Cc1cc2[n+](cc1-c1cccc3c1oc1ccccc13)Cc1ccccc1-2. The van der Waals surface area contributed by atoms with E-state index >= 15 is 0 Å². The van der Waals surface area contributed by atoms with Crippen molar-refractivity contribution in [1.29, 1.82) is 0 Å². The first-order valence-electron chi connectivity index (χ1n) is 9.32. The first-order valence-corrected chi connectivity index (χ1v) is 9.32. The number of pyridine rings is 1. The van der Waals surface area contributed by atoms with E-state index in [0.29, 0.717) is 0 Å². The second-order valence-corrected chi connectivity index (χ2v) is 7.32. The monoisotopic (exact) mass is 348 g/mol. The molecule has 1 aliphatic heterocycles. The van der Waals surface area contributed by atoms with E-state index in [9.17, 15) is 0 Å². The molecule has 1 aliphatic rings. The number of nitrogens with zero attached hydrogens (tertiary/aromatic N) is 1. The van der Waals surface area contributed by atoms with Crippen molar-refractivity contribution in [2.75, 3.05) is 0 Å². The van der Waals surface area contributed by atoms with Gasteiger partial charge in [0.1, 0.15) is 11.2 Å². The van der Waals surface area contributed by atoms with Gasteiger partial charge in [0.25, 0.3) is 0 Å². The van der Waals surface area contributed by atoms with Gasteiger partial charge in [-0.25, -0.2) is 0 Å². The zero-order chi connectivity index (χ0) is 18.0. The molecule has 2 heteroatoms. The molecule has 27 heavy (non-hydrogen) atoms. The van der Waals surface area contributed by atoms with Gasteiger partial charge in [0.05, 0.1) is 11.1 Å². The quantitative estimate of drug-likeness (QED) is 0.339. The van der Waals surface area contributed by atoms with E-state index in [0.717, 1.165) is 23.3 Å². The van der Waals surface area contributed by atoms with Crippen LogP contribution in [0, 0.1) is 6.92 Å². The third-order valence-electron chi connectivity index (χ3n) is 5.70. The normalized spacial score (nSPS) is 12.5. The van der Waals surface area contributed by atoms with E-state index in [4.69, 9.17) is 4.42 Å². The van der Waals surface area contributed by atoms with Gasteiger partial charge in [0.2, 0.25) is 5.69 Å². The molecule has 0 aliphatic carbocycles. The van der Waals surface area contributed by atoms with E-state index in [1.165, 1.54) is 38.7 Å². The molecule has 0 N–H and O–H groups in total. The van der Waals surface area contributed by atoms with Gasteiger partial charge >= 0.3 is 0 Å². The fraction of sp³-hybridized carbons (Fsp3) is 0.0800. The maximum Gasteiger partial charge on any atom is 0.213 e. The van der Waals surface area contributed by atoms with Crippen LogP contribution in [-0.2, 0) is 6.54 Å². The average Bonchev–Trinajstić information content (AvgIpc) is 3.25. The van der Waals surface area contributed by atoms with Gasteiger partial charge in [-0.3, -0.25) is 0 Å². The fourth-order valence-electron chi connectivity index (χ4n) is 4.39. The van der Waals surface area contributed by atoms with E-state index in [-0.39, 0.29) is 0 Å². The molecule has 3 aromatic carbocycles. The van der Waals surface area contributed by atoms with Crippen LogP contribution in [0.25, 0.3) is 44.3 Å². The summed E-state index contributed by atoms with van der Waals surface area (Å²) in [4.78, 5) is 0. The Morgan fingerprint density at radius 1 is 0.778 bits per heavy atom. The molecule has 128 valence electrons. The summed E-state index contributed by atoms with van der Waals surface area (Å²) >= 11 is 0. The maximum absolute atomic E-state index is 6.26. The van der Waals surface area contributed by atoms with Gasteiger partial charge < -0.3 is 4.42 Å². The van der Waals surface area contributed by atoms with Gasteiger partial charge in [-0.2, -0.15) is 4.57 Å². The Hall–Kier alpha value is -3.39. The lowest BCUT2D eigenvalue weighted by Gasteiger charge is -2.06. The lowest BCUT2D eigenvalue weighted by atomic mass is 9.98. The summed E-state index contributed by atoms with van der Waals surface area (Å²) in [5.41, 5.74) is 9.60. The first-order chi connectivity index (χ1) is 13.3. The van der Waals surface area contributed by atoms with Crippen molar-refractivity contribution >= 4 is 21.9 Å². The first kappa shape index (κ1) is 14.7. The third kappa shape index (κ3) is 2.04. The Morgan fingerprint density at radius 2 is 1.56 bits per heavy atom. The second-order valence-electron chi connectivity index (χ2n) is 7.32. The van der Waals surface area contributed by atoms with E-state index in [2.05, 4.69) is 78.4 Å². The molecule has 2 aromatic heterocycles. The highest BCUT2D eigenvalue weighted by atomic mass is 16.3. The second kappa shape index (κ2) is 5.31. The average molecular weight is 348 g/mol. The number of aromatic nitrogens is 1. The Labute approximate surface area is 157 Å². The Morgan fingerprint density at radius 3 is 2.52 bits per heavy atom. The van der Waals surface area contributed by atoms with E-state index < -0.39 is 0 Å². The third-order valence-corrected chi connectivity index (χ3v) is 5.70. The summed E-state index contributed by atoms with van der Waals surface area (Å²) in [6.45, 7) is 3.12. The predicted octanol–water partition coefficient (Wildman–Crippen LogP) is 5.88. The molecule has 0 amide bonds. The van der Waals surface area contributed by atoms with Crippen LogP contribution in [0.15, 0.2) is 83.4 Å². The number of furan rings is 1. The zero-order valence-corrected chi connectivity index (χ0v) is 15.1. The molecule has 5 aromatic rings. The summed E-state index contributed by atoms with van der Waals surface area (Å²) in [6, 6.07) is 25.7. The molecule has 0 fully saturated rings. The Bertz CT molecular complexity index is 1360. The number of hydrogen-bond acceptors (Lipinski definition) is 1. The van der Waals surface area contributed by atoms with Gasteiger partial charge in [-0.05, 0) is 24.6 Å². The van der Waals surface area contributed by atoms with Crippen molar-refractivity contribution in [3.8, 4) is 22.4 Å². The largest absolute Gasteiger partial charge is 0.455 e. The molecule has 0 radical (unpaired) electrons.